The third-order valence-electron chi connectivity index (χ3n) is 5.22. The zero-order valence-corrected chi connectivity index (χ0v) is 14.1. The number of rotatable bonds is 1. The highest BCUT2D eigenvalue weighted by Crippen LogP contribution is 2.52. The van der Waals surface area contributed by atoms with Gasteiger partial charge in [-0.25, -0.2) is 9.97 Å². The molecule has 3 atom stereocenters. The van der Waals surface area contributed by atoms with E-state index in [0.29, 0.717) is 0 Å². The highest BCUT2D eigenvalue weighted by Gasteiger charge is 2.55. The maximum Gasteiger partial charge on any atom is 0.154 e. The van der Waals surface area contributed by atoms with Gasteiger partial charge in [-0.15, -0.1) is 0 Å². The average molecular weight is 366 g/mol. The van der Waals surface area contributed by atoms with E-state index in [2.05, 4.69) is 38.1 Å². The number of imidazole rings is 1. The van der Waals surface area contributed by atoms with Crippen molar-refractivity contribution in [2.24, 2.45) is 11.1 Å². The van der Waals surface area contributed by atoms with Crippen molar-refractivity contribution in [1.29, 1.82) is 0 Å². The number of nitrogens with one attached hydrogen (secondary N) is 1. The van der Waals surface area contributed by atoms with E-state index in [1.54, 1.807) is 6.20 Å². The Balaban J connectivity index is 1.85. The van der Waals surface area contributed by atoms with E-state index < -0.39 is 0 Å². The highest BCUT2D eigenvalue weighted by molar-refractivity contribution is 9.10. The smallest absolute Gasteiger partial charge is 0.154 e. The second-order valence-electron chi connectivity index (χ2n) is 6.32. The van der Waals surface area contributed by atoms with E-state index in [-0.39, 0.29) is 23.7 Å². The summed E-state index contributed by atoms with van der Waals surface area (Å²) in [4.78, 5) is 9.05. The van der Waals surface area contributed by atoms with Crippen molar-refractivity contribution in [2.45, 2.75) is 38.0 Å². The van der Waals surface area contributed by atoms with Crippen LogP contribution in [0.2, 0.25) is 0 Å². The molecule has 1 unspecified atom stereocenters. The summed E-state index contributed by atoms with van der Waals surface area (Å²) in [6.45, 7) is 4.02. The molecule has 2 aliphatic heterocycles. The minimum absolute atomic E-state index is 0.0311. The number of nitrogens with two attached hydrogens (primary N) is 1. The number of ether oxygens (including phenoxy) is 1. The summed E-state index contributed by atoms with van der Waals surface area (Å²) in [6, 6.07) is 0.0311. The Hall–Kier alpha value is -1.02. The maximum absolute atomic E-state index is 6.55. The van der Waals surface area contributed by atoms with Gasteiger partial charge < -0.3 is 15.8 Å². The van der Waals surface area contributed by atoms with E-state index in [4.69, 9.17) is 10.5 Å². The Morgan fingerprint density at radius 1 is 1.41 bits per heavy atom. The molecule has 2 saturated heterocycles. The molecule has 6 nitrogen and oxygen atoms in total. The van der Waals surface area contributed by atoms with Gasteiger partial charge in [0.2, 0.25) is 0 Å². The summed E-state index contributed by atoms with van der Waals surface area (Å²) in [5.74, 6) is 0.900. The predicted octanol–water partition coefficient (Wildman–Crippen LogP) is 1.65. The average Bonchev–Trinajstić information content (AvgIpc) is 3.11. The Kier molecular flexibility index (Phi) is 3.48. The molecule has 1 spiro atoms. The normalized spacial score (nSPS) is 31.1. The van der Waals surface area contributed by atoms with Gasteiger partial charge in [-0.05, 0) is 48.8 Å². The van der Waals surface area contributed by atoms with Crippen LogP contribution in [0.1, 0.15) is 31.7 Å². The first kappa shape index (κ1) is 14.6. The first-order chi connectivity index (χ1) is 10.6. The van der Waals surface area contributed by atoms with Crippen LogP contribution in [0, 0.1) is 5.41 Å². The minimum Gasteiger partial charge on any atom is -0.365 e. The number of nitrogens with zero attached hydrogens (tertiary/aromatic N) is 3. The van der Waals surface area contributed by atoms with Crippen molar-refractivity contribution in [1.82, 2.24) is 19.7 Å². The van der Waals surface area contributed by atoms with Gasteiger partial charge in [0.05, 0.1) is 10.6 Å². The molecule has 2 aromatic heterocycles. The first-order valence-corrected chi connectivity index (χ1v) is 8.52. The third-order valence-corrected chi connectivity index (χ3v) is 5.78. The van der Waals surface area contributed by atoms with Crippen molar-refractivity contribution in [3.8, 4) is 0 Å². The fourth-order valence-corrected chi connectivity index (χ4v) is 4.38. The predicted molar refractivity (Wildman–Crippen MR) is 86.5 cm³/mol. The molecule has 4 rings (SSSR count). The second-order valence-corrected chi connectivity index (χ2v) is 7.17. The summed E-state index contributed by atoms with van der Waals surface area (Å²) in [5, 5.41) is 3.43. The van der Waals surface area contributed by atoms with Gasteiger partial charge in [0.1, 0.15) is 11.9 Å². The zero-order valence-electron chi connectivity index (χ0n) is 12.5. The molecule has 2 fully saturated rings. The SMILES string of the molecule is C[C@@H]1OC(c2ncc(Br)c3nccn23)C2(CCNCC2)[C@@H]1N. The van der Waals surface area contributed by atoms with Crippen LogP contribution in [-0.2, 0) is 4.74 Å². The number of piperidine rings is 1. The number of halogens is 1. The van der Waals surface area contributed by atoms with E-state index in [1.807, 2.05) is 16.8 Å². The highest BCUT2D eigenvalue weighted by atomic mass is 79.9. The number of fused-ring (bicyclic) bond motifs is 1. The molecule has 2 aromatic rings. The van der Waals surface area contributed by atoms with Crippen molar-refractivity contribution in [2.75, 3.05) is 13.1 Å². The molecule has 0 radical (unpaired) electrons. The van der Waals surface area contributed by atoms with Crippen LogP contribution >= 0.6 is 15.9 Å². The molecule has 4 heterocycles. The summed E-state index contributed by atoms with van der Waals surface area (Å²) in [6.07, 6.45) is 7.50. The van der Waals surface area contributed by atoms with Crippen LogP contribution in [0.25, 0.3) is 5.65 Å². The van der Waals surface area contributed by atoms with Crippen LogP contribution < -0.4 is 11.1 Å². The van der Waals surface area contributed by atoms with Gasteiger partial charge in [0.25, 0.3) is 0 Å². The zero-order chi connectivity index (χ0) is 15.3. The van der Waals surface area contributed by atoms with Crippen LogP contribution in [-0.4, -0.2) is 39.6 Å². The lowest BCUT2D eigenvalue weighted by molar-refractivity contribution is -0.00134. The number of hydrogen-bond donors (Lipinski definition) is 2. The molecule has 3 N–H and O–H groups in total. The molecule has 0 bridgehead atoms. The van der Waals surface area contributed by atoms with Crippen LogP contribution in [0.15, 0.2) is 23.1 Å². The lowest BCUT2D eigenvalue weighted by Gasteiger charge is -2.40. The standard InChI is InChI=1S/C15H20BrN5O/c1-9-11(17)15(2-4-18-5-3-15)12(22-9)14-20-8-10(16)13-19-6-7-21(13)14/h6-9,11-12,18H,2-5,17H2,1H3/t9-,11+,12?/m0/s1. The molecular formula is C15H20BrN5O. The largest absolute Gasteiger partial charge is 0.365 e. The van der Waals surface area contributed by atoms with E-state index >= 15 is 0 Å². The summed E-state index contributed by atoms with van der Waals surface area (Å²) in [5.41, 5.74) is 7.36. The van der Waals surface area contributed by atoms with E-state index in [9.17, 15) is 0 Å². The third kappa shape index (κ3) is 1.96. The van der Waals surface area contributed by atoms with Gasteiger partial charge in [-0.1, -0.05) is 0 Å². The molecule has 0 amide bonds. The van der Waals surface area contributed by atoms with E-state index in [0.717, 1.165) is 41.9 Å². The fraction of sp³-hybridized carbons (Fsp3) is 0.600. The van der Waals surface area contributed by atoms with Crippen molar-refractivity contribution < 1.29 is 4.74 Å². The van der Waals surface area contributed by atoms with Crippen LogP contribution in [0.5, 0.6) is 0 Å². The summed E-state index contributed by atoms with van der Waals surface area (Å²) in [7, 11) is 0. The maximum atomic E-state index is 6.55. The molecule has 2 aliphatic rings. The van der Waals surface area contributed by atoms with Gasteiger partial charge in [0, 0.05) is 30.0 Å². The van der Waals surface area contributed by atoms with Crippen molar-refractivity contribution in [3.05, 3.63) is 28.9 Å². The van der Waals surface area contributed by atoms with Crippen LogP contribution in [0.3, 0.4) is 0 Å². The van der Waals surface area contributed by atoms with Gasteiger partial charge in [0.15, 0.2) is 5.65 Å². The summed E-state index contributed by atoms with van der Waals surface area (Å²) >= 11 is 3.51. The number of hydrogen-bond acceptors (Lipinski definition) is 5. The minimum atomic E-state index is -0.0931. The summed E-state index contributed by atoms with van der Waals surface area (Å²) < 4.78 is 9.19. The fourth-order valence-electron chi connectivity index (χ4n) is 3.98. The number of aromatic nitrogens is 3. The lowest BCUT2D eigenvalue weighted by atomic mass is 9.69. The van der Waals surface area contributed by atoms with Gasteiger partial charge in [-0.2, -0.15) is 0 Å². The Morgan fingerprint density at radius 3 is 2.95 bits per heavy atom. The molecule has 118 valence electrons. The molecule has 7 heteroatoms. The molecule has 22 heavy (non-hydrogen) atoms. The topological polar surface area (TPSA) is 77.5 Å². The molecular weight excluding hydrogens is 346 g/mol. The monoisotopic (exact) mass is 365 g/mol. The second kappa shape index (κ2) is 5.26. The Labute approximate surface area is 137 Å². The van der Waals surface area contributed by atoms with Crippen molar-refractivity contribution >= 4 is 21.6 Å². The Morgan fingerprint density at radius 2 is 2.18 bits per heavy atom. The van der Waals surface area contributed by atoms with Gasteiger partial charge >= 0.3 is 0 Å². The Bertz CT molecular complexity index is 696. The lowest BCUT2D eigenvalue weighted by Crippen LogP contribution is -2.50. The first-order valence-electron chi connectivity index (χ1n) is 7.73. The van der Waals surface area contributed by atoms with E-state index in [1.165, 1.54) is 0 Å². The van der Waals surface area contributed by atoms with Crippen molar-refractivity contribution in [3.63, 3.8) is 0 Å². The van der Waals surface area contributed by atoms with Crippen LogP contribution in [0.4, 0.5) is 0 Å². The molecule has 0 aliphatic carbocycles. The van der Waals surface area contributed by atoms with Gasteiger partial charge in [-0.3, -0.25) is 4.40 Å². The quantitative estimate of drug-likeness (QED) is 0.803. The molecule has 0 saturated carbocycles. The molecule has 0 aromatic carbocycles.